The summed E-state index contributed by atoms with van der Waals surface area (Å²) in [5.41, 5.74) is 2.46. The maximum absolute atomic E-state index is 12.0. The van der Waals surface area contributed by atoms with Gasteiger partial charge in [0, 0.05) is 10.0 Å². The Kier molecular flexibility index (Phi) is 5.18. The highest BCUT2D eigenvalue weighted by atomic mass is 35.5. The van der Waals surface area contributed by atoms with Crippen molar-refractivity contribution in [3.63, 3.8) is 0 Å². The average molecular weight is 391 g/mol. The Bertz CT molecular complexity index is 903. The van der Waals surface area contributed by atoms with Gasteiger partial charge in [-0.1, -0.05) is 47.5 Å². The second-order valence-electron chi connectivity index (χ2n) is 5.41. The molecule has 1 heterocycles. The Balaban J connectivity index is 2.01. The molecule has 25 heavy (non-hydrogen) atoms. The van der Waals surface area contributed by atoms with E-state index in [1.165, 1.54) is 6.08 Å². The van der Waals surface area contributed by atoms with Crippen molar-refractivity contribution in [2.24, 2.45) is 0 Å². The van der Waals surface area contributed by atoms with Crippen molar-refractivity contribution in [1.82, 2.24) is 10.6 Å². The van der Waals surface area contributed by atoms with Gasteiger partial charge in [-0.05, 0) is 59.6 Å². The zero-order valence-corrected chi connectivity index (χ0v) is 15.1. The van der Waals surface area contributed by atoms with Gasteiger partial charge >= 0.3 is 0 Å². The second kappa shape index (κ2) is 7.35. The van der Waals surface area contributed by atoms with Crippen LogP contribution in [-0.4, -0.2) is 16.9 Å². The van der Waals surface area contributed by atoms with E-state index in [-0.39, 0.29) is 10.7 Å². The van der Waals surface area contributed by atoms with Crippen LogP contribution in [0.2, 0.25) is 10.0 Å². The Morgan fingerprint density at radius 2 is 1.64 bits per heavy atom. The van der Waals surface area contributed by atoms with Gasteiger partial charge in [0.05, 0.1) is 0 Å². The number of hydrogen-bond donors (Lipinski definition) is 2. The van der Waals surface area contributed by atoms with Crippen LogP contribution in [0.1, 0.15) is 16.7 Å². The molecule has 0 bridgehead atoms. The number of carbonyl (C=O) groups excluding carboxylic acids is 2. The summed E-state index contributed by atoms with van der Waals surface area (Å²) in [7, 11) is 0. The first-order valence-electron chi connectivity index (χ1n) is 7.34. The van der Waals surface area contributed by atoms with Crippen molar-refractivity contribution in [2.45, 2.75) is 6.42 Å². The minimum absolute atomic E-state index is 0.00506. The quantitative estimate of drug-likeness (QED) is 0.479. The van der Waals surface area contributed by atoms with Crippen molar-refractivity contribution in [2.75, 3.05) is 0 Å². The zero-order chi connectivity index (χ0) is 18.0. The van der Waals surface area contributed by atoms with Crippen molar-refractivity contribution >= 4 is 58.4 Å². The molecule has 0 radical (unpaired) electrons. The Hall–Kier alpha value is -2.21. The molecular formula is C18H12Cl2N2O2S. The van der Waals surface area contributed by atoms with Crippen LogP contribution in [0.15, 0.2) is 48.0 Å². The SMILES string of the molecule is O=C1NC(=S)NC(=O)C1=Cc1cc(Cl)ccc1Cc1ccccc1Cl. The molecule has 2 aromatic carbocycles. The van der Waals surface area contributed by atoms with E-state index in [1.807, 2.05) is 30.3 Å². The zero-order valence-electron chi connectivity index (χ0n) is 12.8. The first kappa shape index (κ1) is 17.6. The predicted octanol–water partition coefficient (Wildman–Crippen LogP) is 3.50. The Morgan fingerprint density at radius 3 is 2.32 bits per heavy atom. The lowest BCUT2D eigenvalue weighted by molar-refractivity contribution is -0.123. The number of hydrogen-bond acceptors (Lipinski definition) is 3. The number of amides is 2. The monoisotopic (exact) mass is 390 g/mol. The van der Waals surface area contributed by atoms with E-state index < -0.39 is 11.8 Å². The van der Waals surface area contributed by atoms with Crippen molar-refractivity contribution in [3.05, 3.63) is 74.8 Å². The lowest BCUT2D eigenvalue weighted by Crippen LogP contribution is -2.51. The van der Waals surface area contributed by atoms with Gasteiger partial charge < -0.3 is 0 Å². The van der Waals surface area contributed by atoms with Crippen LogP contribution in [0.4, 0.5) is 0 Å². The Labute approximate surface area is 159 Å². The topological polar surface area (TPSA) is 58.2 Å². The van der Waals surface area contributed by atoms with Crippen LogP contribution in [0.25, 0.3) is 6.08 Å². The molecule has 0 unspecified atom stereocenters. The summed E-state index contributed by atoms with van der Waals surface area (Å²) in [6, 6.07) is 12.8. The maximum atomic E-state index is 12.0. The van der Waals surface area contributed by atoms with Crippen LogP contribution in [0, 0.1) is 0 Å². The smallest absolute Gasteiger partial charge is 0.263 e. The number of thiocarbonyl (C=S) groups is 1. The third-order valence-corrected chi connectivity index (χ3v) is 4.50. The summed E-state index contributed by atoms with van der Waals surface area (Å²) in [4.78, 5) is 24.1. The lowest BCUT2D eigenvalue weighted by Gasteiger charge is -2.17. The molecule has 1 aliphatic heterocycles. The number of carbonyl (C=O) groups is 2. The molecule has 3 rings (SSSR count). The van der Waals surface area contributed by atoms with E-state index in [4.69, 9.17) is 35.4 Å². The first-order valence-corrected chi connectivity index (χ1v) is 8.50. The molecule has 0 atom stereocenters. The molecule has 2 aromatic rings. The van der Waals surface area contributed by atoms with Gasteiger partial charge in [-0.2, -0.15) is 0 Å². The predicted molar refractivity (Wildman–Crippen MR) is 103 cm³/mol. The molecule has 1 saturated heterocycles. The summed E-state index contributed by atoms with van der Waals surface area (Å²) in [6.45, 7) is 0. The summed E-state index contributed by atoms with van der Waals surface area (Å²) in [6.07, 6.45) is 2.04. The molecule has 0 aromatic heterocycles. The highest BCUT2D eigenvalue weighted by Crippen LogP contribution is 2.25. The van der Waals surface area contributed by atoms with Gasteiger partial charge in [-0.25, -0.2) is 0 Å². The van der Waals surface area contributed by atoms with E-state index in [2.05, 4.69) is 10.6 Å². The molecule has 2 N–H and O–H groups in total. The molecule has 0 saturated carbocycles. The fourth-order valence-electron chi connectivity index (χ4n) is 2.47. The normalized spacial score (nSPS) is 14.2. The molecule has 2 amide bonds. The van der Waals surface area contributed by atoms with E-state index in [1.54, 1.807) is 12.1 Å². The van der Waals surface area contributed by atoms with Gasteiger partial charge in [0.2, 0.25) is 0 Å². The minimum atomic E-state index is -0.544. The van der Waals surface area contributed by atoms with Crippen molar-refractivity contribution < 1.29 is 9.59 Å². The molecule has 4 nitrogen and oxygen atoms in total. The molecule has 7 heteroatoms. The summed E-state index contributed by atoms with van der Waals surface area (Å²) in [5, 5.41) is 5.97. The van der Waals surface area contributed by atoms with Gasteiger partial charge in [0.1, 0.15) is 5.57 Å². The highest BCUT2D eigenvalue weighted by Gasteiger charge is 2.26. The molecular weight excluding hydrogens is 379 g/mol. The highest BCUT2D eigenvalue weighted by molar-refractivity contribution is 7.80. The molecule has 1 fully saturated rings. The van der Waals surface area contributed by atoms with E-state index >= 15 is 0 Å². The average Bonchev–Trinajstić information content (AvgIpc) is 2.55. The number of nitrogens with one attached hydrogen (secondary N) is 2. The first-order chi connectivity index (χ1) is 11.9. The fourth-order valence-corrected chi connectivity index (χ4v) is 3.04. The van der Waals surface area contributed by atoms with Gasteiger partial charge in [-0.15, -0.1) is 0 Å². The van der Waals surface area contributed by atoms with E-state index in [0.29, 0.717) is 22.0 Å². The maximum Gasteiger partial charge on any atom is 0.263 e. The fraction of sp³-hybridized carbons (Fsp3) is 0.0556. The van der Waals surface area contributed by atoms with Gasteiger partial charge in [-0.3, -0.25) is 20.2 Å². The summed E-state index contributed by atoms with van der Waals surface area (Å²) >= 11 is 17.1. The van der Waals surface area contributed by atoms with Crippen LogP contribution in [0.3, 0.4) is 0 Å². The number of benzene rings is 2. The second-order valence-corrected chi connectivity index (χ2v) is 6.66. The van der Waals surface area contributed by atoms with E-state index in [0.717, 1.165) is 11.1 Å². The number of rotatable bonds is 3. The minimum Gasteiger partial charge on any atom is -0.299 e. The summed E-state index contributed by atoms with van der Waals surface area (Å²) < 4.78 is 0. The standard InChI is InChI=1S/C18H12Cl2N2O2S/c19-13-6-5-10(7-11-3-1-2-4-15(11)20)12(8-13)9-14-16(23)21-18(25)22-17(14)24/h1-6,8-9H,7H2,(H2,21,22,23,24,25). The third-order valence-electron chi connectivity index (χ3n) is 3.69. The van der Waals surface area contributed by atoms with Crippen molar-refractivity contribution in [3.8, 4) is 0 Å². The molecule has 1 aliphatic rings. The number of halogens is 2. The van der Waals surface area contributed by atoms with Crippen LogP contribution in [0.5, 0.6) is 0 Å². The molecule has 126 valence electrons. The summed E-state index contributed by atoms with van der Waals surface area (Å²) in [5.74, 6) is -1.09. The van der Waals surface area contributed by atoms with E-state index in [9.17, 15) is 9.59 Å². The lowest BCUT2D eigenvalue weighted by atomic mass is 9.97. The third kappa shape index (κ3) is 4.07. The van der Waals surface area contributed by atoms with Crippen LogP contribution < -0.4 is 10.6 Å². The van der Waals surface area contributed by atoms with Gasteiger partial charge in [0.15, 0.2) is 5.11 Å². The Morgan fingerprint density at radius 1 is 0.960 bits per heavy atom. The largest absolute Gasteiger partial charge is 0.299 e. The van der Waals surface area contributed by atoms with Crippen LogP contribution in [-0.2, 0) is 16.0 Å². The molecule has 0 spiro atoms. The van der Waals surface area contributed by atoms with Gasteiger partial charge in [0.25, 0.3) is 11.8 Å². The van der Waals surface area contributed by atoms with Crippen LogP contribution >= 0.6 is 35.4 Å². The molecule has 0 aliphatic carbocycles. The van der Waals surface area contributed by atoms with Crippen molar-refractivity contribution in [1.29, 1.82) is 0 Å².